The van der Waals surface area contributed by atoms with Crippen molar-refractivity contribution in [2.75, 3.05) is 0 Å². The summed E-state index contributed by atoms with van der Waals surface area (Å²) in [5, 5.41) is 20.6. The summed E-state index contributed by atoms with van der Waals surface area (Å²) in [4.78, 5) is 0. The maximum atomic E-state index is 2.58. The van der Waals surface area contributed by atoms with Gasteiger partial charge < -0.3 is 0 Å². The van der Waals surface area contributed by atoms with Gasteiger partial charge in [-0.15, -0.1) is 0 Å². The van der Waals surface area contributed by atoms with E-state index in [9.17, 15) is 0 Å². The third-order valence-corrected chi connectivity index (χ3v) is 16.5. The average molecular weight is 959 g/mol. The van der Waals surface area contributed by atoms with E-state index >= 15 is 0 Å². The van der Waals surface area contributed by atoms with E-state index in [1.54, 1.807) is 0 Å². The Balaban J connectivity index is 1.05. The molecule has 350 valence electrons. The van der Waals surface area contributed by atoms with Crippen molar-refractivity contribution in [3.05, 3.63) is 279 Å². The minimum atomic E-state index is 1.20. The predicted octanol–water partition coefficient (Wildman–Crippen LogP) is 21.5. The maximum Gasteiger partial charge on any atom is -0.000697 e. The van der Waals surface area contributed by atoms with Crippen LogP contribution in [0.15, 0.2) is 279 Å². The summed E-state index contributed by atoms with van der Waals surface area (Å²) >= 11 is 0. The van der Waals surface area contributed by atoms with Crippen molar-refractivity contribution in [3.63, 3.8) is 0 Å². The Hall–Kier alpha value is -9.88. The average Bonchev–Trinajstić information content (AvgIpc) is 4.17. The Bertz CT molecular complexity index is 4860. The molecular weight excluding hydrogens is 913 g/mol. The van der Waals surface area contributed by atoms with Gasteiger partial charge in [-0.1, -0.05) is 255 Å². The molecule has 0 aromatic heterocycles. The molecule has 16 aromatic carbocycles. The highest BCUT2D eigenvalue weighted by molar-refractivity contribution is 6.46. The van der Waals surface area contributed by atoms with Crippen molar-refractivity contribution in [3.8, 4) is 77.9 Å². The van der Waals surface area contributed by atoms with Crippen LogP contribution in [0.25, 0.3) is 164 Å². The normalized spacial score (nSPS) is 11.9. The summed E-state index contributed by atoms with van der Waals surface area (Å²) in [6.45, 7) is 0. The van der Waals surface area contributed by atoms with Gasteiger partial charge >= 0.3 is 0 Å². The zero-order valence-corrected chi connectivity index (χ0v) is 41.6. The second-order valence-electron chi connectivity index (χ2n) is 20.6. The number of hydrogen-bond acceptors (Lipinski definition) is 0. The van der Waals surface area contributed by atoms with Gasteiger partial charge in [-0.3, -0.25) is 0 Å². The highest BCUT2D eigenvalue weighted by Crippen LogP contribution is 2.56. The van der Waals surface area contributed by atoms with Crippen molar-refractivity contribution in [2.24, 2.45) is 0 Å². The van der Waals surface area contributed by atoms with Crippen molar-refractivity contribution >= 4 is 86.2 Å². The molecule has 0 heterocycles. The maximum absolute atomic E-state index is 2.58. The van der Waals surface area contributed by atoms with Gasteiger partial charge in [0.25, 0.3) is 0 Å². The Morgan fingerprint density at radius 2 is 0.592 bits per heavy atom. The number of rotatable bonds is 7. The van der Waals surface area contributed by atoms with Gasteiger partial charge in [-0.2, -0.15) is 0 Å². The van der Waals surface area contributed by atoms with E-state index in [1.165, 1.54) is 164 Å². The number of hydrogen-bond donors (Lipinski definition) is 0. The lowest BCUT2D eigenvalue weighted by molar-refractivity contribution is 1.57. The zero-order chi connectivity index (χ0) is 49.8. The molecule has 0 amide bonds. The first kappa shape index (κ1) is 42.6. The molecule has 0 unspecified atom stereocenters. The summed E-state index contributed by atoms with van der Waals surface area (Å²) in [5.74, 6) is 0. The standard InChI is InChI=1S/C76H46/c1-5-19-47(20-6-1)48-37-39-49(40-38-48)53-28-15-29-55(43-53)71-74-63-35-18-34-62-60-42-41-56(69-58(50-21-7-2-8-22-50)31-16-32-59(69)51-23-9-3-10-24-51)45-65(60)66(72(62)63)46-68(74)70(52-25-11-4-12-26-52)75-64-36-17-33-61-57-30-14-13-27-54(57)44-67(73(61)64)76(71)75/h1-46H. The Morgan fingerprint density at radius 1 is 0.145 bits per heavy atom. The lowest BCUT2D eigenvalue weighted by atomic mass is 9.83. The molecule has 0 saturated carbocycles. The van der Waals surface area contributed by atoms with Gasteiger partial charge in [0, 0.05) is 0 Å². The van der Waals surface area contributed by atoms with Gasteiger partial charge in [-0.05, 0) is 188 Å². The largest absolute Gasteiger partial charge is 0.0622 e. The van der Waals surface area contributed by atoms with Crippen LogP contribution in [0.3, 0.4) is 0 Å². The molecule has 0 aliphatic carbocycles. The SMILES string of the molecule is c1ccc(-c2ccc(-c3cccc(-c4c5c(cc6c7cc(-c8c(-c9ccccc9)cccc8-c8ccccc8)ccc7c7cccc5c76)c(-c5ccccc5)c5c6cccc7c8ccccc8cc(c45)c76)c3)cc2)cc1. The molecule has 0 saturated heterocycles. The zero-order valence-electron chi connectivity index (χ0n) is 41.6. The fourth-order valence-corrected chi connectivity index (χ4v) is 13.3. The first-order valence-electron chi connectivity index (χ1n) is 26.5. The molecule has 0 spiro atoms. The van der Waals surface area contributed by atoms with Crippen LogP contribution in [0, 0.1) is 0 Å². The minimum absolute atomic E-state index is 1.20. The monoisotopic (exact) mass is 958 g/mol. The quantitative estimate of drug-likeness (QED) is 0.140. The topological polar surface area (TPSA) is 0 Å². The third-order valence-electron chi connectivity index (χ3n) is 16.5. The molecule has 16 rings (SSSR count). The second kappa shape index (κ2) is 16.8. The second-order valence-corrected chi connectivity index (χ2v) is 20.6. The molecule has 0 fully saturated rings. The predicted molar refractivity (Wildman–Crippen MR) is 327 cm³/mol. The molecule has 0 nitrogen and oxygen atoms in total. The molecule has 0 aliphatic heterocycles. The van der Waals surface area contributed by atoms with E-state index in [2.05, 4.69) is 279 Å². The Morgan fingerprint density at radius 3 is 1.28 bits per heavy atom. The van der Waals surface area contributed by atoms with Crippen molar-refractivity contribution < 1.29 is 0 Å². The molecule has 0 heteroatoms. The number of benzene rings is 14. The van der Waals surface area contributed by atoms with Crippen LogP contribution in [0.4, 0.5) is 0 Å². The van der Waals surface area contributed by atoms with Gasteiger partial charge in [0.05, 0.1) is 0 Å². The summed E-state index contributed by atoms with van der Waals surface area (Å²) in [6, 6.07) is 104. The van der Waals surface area contributed by atoms with Crippen molar-refractivity contribution in [1.82, 2.24) is 0 Å². The van der Waals surface area contributed by atoms with Gasteiger partial charge in [0.15, 0.2) is 0 Å². The van der Waals surface area contributed by atoms with Crippen LogP contribution in [0.1, 0.15) is 0 Å². The molecule has 0 radical (unpaired) electrons. The van der Waals surface area contributed by atoms with E-state index in [4.69, 9.17) is 0 Å². The van der Waals surface area contributed by atoms with E-state index in [1.807, 2.05) is 0 Å². The van der Waals surface area contributed by atoms with Crippen LogP contribution in [-0.4, -0.2) is 0 Å². The van der Waals surface area contributed by atoms with Crippen LogP contribution < -0.4 is 0 Å². The van der Waals surface area contributed by atoms with Crippen molar-refractivity contribution in [1.29, 1.82) is 0 Å². The molecule has 0 N–H and O–H groups in total. The molecule has 0 bridgehead atoms. The molecule has 0 atom stereocenters. The smallest absolute Gasteiger partial charge is 0.000697 e. The summed E-state index contributed by atoms with van der Waals surface area (Å²) in [7, 11) is 0. The first-order chi connectivity index (χ1) is 37.7. The lowest BCUT2D eigenvalue weighted by Gasteiger charge is -2.19. The van der Waals surface area contributed by atoms with Crippen LogP contribution in [0.5, 0.6) is 0 Å². The van der Waals surface area contributed by atoms with Crippen LogP contribution in [-0.2, 0) is 0 Å². The van der Waals surface area contributed by atoms with Crippen LogP contribution >= 0.6 is 0 Å². The molecule has 16 aromatic rings. The molecule has 76 heavy (non-hydrogen) atoms. The van der Waals surface area contributed by atoms with E-state index < -0.39 is 0 Å². The minimum Gasteiger partial charge on any atom is -0.0622 e. The highest BCUT2D eigenvalue weighted by Gasteiger charge is 2.28. The first-order valence-corrected chi connectivity index (χ1v) is 26.5. The third kappa shape index (κ3) is 6.38. The van der Waals surface area contributed by atoms with Gasteiger partial charge in [0.1, 0.15) is 0 Å². The van der Waals surface area contributed by atoms with Gasteiger partial charge in [-0.25, -0.2) is 0 Å². The van der Waals surface area contributed by atoms with Crippen LogP contribution in [0.2, 0.25) is 0 Å². The summed E-state index contributed by atoms with van der Waals surface area (Å²) in [5.41, 5.74) is 17.1. The summed E-state index contributed by atoms with van der Waals surface area (Å²) in [6.07, 6.45) is 0. The fraction of sp³-hybridized carbons (Fsp3) is 0. The van der Waals surface area contributed by atoms with E-state index in [0.717, 1.165) is 0 Å². The Labute approximate surface area is 440 Å². The van der Waals surface area contributed by atoms with Gasteiger partial charge in [0.2, 0.25) is 0 Å². The Kier molecular flexibility index (Phi) is 9.44. The van der Waals surface area contributed by atoms with Crippen molar-refractivity contribution in [2.45, 2.75) is 0 Å². The summed E-state index contributed by atoms with van der Waals surface area (Å²) < 4.78 is 0. The highest BCUT2D eigenvalue weighted by atomic mass is 14.3. The van der Waals surface area contributed by atoms with E-state index in [0.29, 0.717) is 0 Å². The fourth-order valence-electron chi connectivity index (χ4n) is 13.3. The molecular formula is C76H46. The van der Waals surface area contributed by atoms with E-state index in [-0.39, 0.29) is 0 Å². The molecule has 0 aliphatic rings. The lowest BCUT2D eigenvalue weighted by Crippen LogP contribution is -1.92. The number of fused-ring (bicyclic) bond motifs is 10.